The predicted molar refractivity (Wildman–Crippen MR) is 56.6 cm³/mol. The summed E-state index contributed by atoms with van der Waals surface area (Å²) >= 11 is 0. The number of methoxy groups -OCH3 is 2. The monoisotopic (exact) mass is 228 g/mol. The molecule has 1 N–H and O–H groups in total. The Hall–Kier alpha value is -1.56. The van der Waals surface area contributed by atoms with Gasteiger partial charge in [-0.3, -0.25) is 4.90 Å². The lowest BCUT2D eigenvalue weighted by atomic mass is 10.4. The van der Waals surface area contributed by atoms with E-state index in [1.807, 2.05) is 0 Å². The number of carbonyl (C=O) groups excluding carboxylic acids is 2. The Kier molecular flexibility index (Phi) is 4.78. The molecule has 1 saturated heterocycles. The molecular formula is C10H16N2O4. The molecule has 0 aromatic carbocycles. The first-order chi connectivity index (χ1) is 7.67. The van der Waals surface area contributed by atoms with Crippen molar-refractivity contribution < 1.29 is 19.1 Å². The van der Waals surface area contributed by atoms with E-state index in [0.717, 1.165) is 25.7 Å². The Morgan fingerprint density at radius 2 is 2.00 bits per heavy atom. The summed E-state index contributed by atoms with van der Waals surface area (Å²) < 4.78 is 8.98. The third kappa shape index (κ3) is 4.31. The van der Waals surface area contributed by atoms with Gasteiger partial charge < -0.3 is 14.8 Å². The van der Waals surface area contributed by atoms with Gasteiger partial charge in [-0.05, 0) is 0 Å². The Morgan fingerprint density at radius 3 is 2.50 bits per heavy atom. The van der Waals surface area contributed by atoms with Crippen molar-refractivity contribution in [2.24, 2.45) is 0 Å². The number of hydrogen-bond acceptors (Lipinski definition) is 6. The maximum Gasteiger partial charge on any atom is 0.354 e. The summed E-state index contributed by atoms with van der Waals surface area (Å²) in [5.41, 5.74) is 0.121. The van der Waals surface area contributed by atoms with Crippen LogP contribution in [0.3, 0.4) is 0 Å². The van der Waals surface area contributed by atoms with Crippen LogP contribution in [0.25, 0.3) is 0 Å². The van der Waals surface area contributed by atoms with Crippen LogP contribution in [0.1, 0.15) is 0 Å². The van der Waals surface area contributed by atoms with Gasteiger partial charge >= 0.3 is 11.9 Å². The lowest BCUT2D eigenvalue weighted by Crippen LogP contribution is -2.27. The smallest absolute Gasteiger partial charge is 0.354 e. The van der Waals surface area contributed by atoms with E-state index in [1.165, 1.54) is 14.2 Å². The molecule has 16 heavy (non-hydrogen) atoms. The second kappa shape index (κ2) is 6.12. The normalized spacial score (nSPS) is 15.5. The molecule has 0 bridgehead atoms. The largest absolute Gasteiger partial charge is 0.466 e. The van der Waals surface area contributed by atoms with E-state index in [-0.39, 0.29) is 5.70 Å². The van der Waals surface area contributed by atoms with Crippen LogP contribution in [0.5, 0.6) is 0 Å². The predicted octanol–water partition coefficient (Wildman–Crippen LogP) is -0.878. The molecule has 0 unspecified atom stereocenters. The SMILES string of the molecule is COC(=O)/C=C(/NCCN1CC1)C(=O)OC. The van der Waals surface area contributed by atoms with Gasteiger partial charge in [0.05, 0.1) is 20.3 Å². The molecule has 1 heterocycles. The zero-order valence-electron chi connectivity index (χ0n) is 9.49. The second-order valence-corrected chi connectivity index (χ2v) is 3.34. The molecule has 1 rings (SSSR count). The second-order valence-electron chi connectivity index (χ2n) is 3.34. The van der Waals surface area contributed by atoms with E-state index < -0.39 is 11.9 Å². The molecule has 0 aromatic heterocycles. The van der Waals surface area contributed by atoms with Crippen LogP contribution in [0.15, 0.2) is 11.8 Å². The maximum atomic E-state index is 11.3. The van der Waals surface area contributed by atoms with E-state index in [0.29, 0.717) is 6.54 Å². The Bertz CT molecular complexity index is 297. The minimum atomic E-state index is -0.584. The average Bonchev–Trinajstić information content (AvgIpc) is 3.10. The molecule has 0 saturated carbocycles. The number of nitrogens with one attached hydrogen (secondary N) is 1. The van der Waals surface area contributed by atoms with Gasteiger partial charge in [0.2, 0.25) is 0 Å². The summed E-state index contributed by atoms with van der Waals surface area (Å²) in [6, 6.07) is 0. The van der Waals surface area contributed by atoms with Gasteiger partial charge in [0.1, 0.15) is 5.70 Å². The van der Waals surface area contributed by atoms with Crippen LogP contribution in [-0.4, -0.2) is 57.2 Å². The molecule has 0 atom stereocenters. The van der Waals surface area contributed by atoms with E-state index in [1.54, 1.807) is 0 Å². The minimum Gasteiger partial charge on any atom is -0.466 e. The number of carbonyl (C=O) groups is 2. The Morgan fingerprint density at radius 1 is 1.31 bits per heavy atom. The lowest BCUT2D eigenvalue weighted by Gasteiger charge is -2.08. The van der Waals surface area contributed by atoms with Crippen LogP contribution in [0.4, 0.5) is 0 Å². The summed E-state index contributed by atoms with van der Waals surface area (Å²) in [5.74, 6) is -1.16. The summed E-state index contributed by atoms with van der Waals surface area (Å²) in [7, 11) is 2.52. The average molecular weight is 228 g/mol. The summed E-state index contributed by atoms with van der Waals surface area (Å²) in [4.78, 5) is 24.5. The van der Waals surface area contributed by atoms with E-state index >= 15 is 0 Å². The van der Waals surface area contributed by atoms with Crippen LogP contribution in [0.2, 0.25) is 0 Å². The highest BCUT2D eigenvalue weighted by atomic mass is 16.5. The fourth-order valence-corrected chi connectivity index (χ4v) is 1.11. The highest BCUT2D eigenvalue weighted by Gasteiger charge is 2.17. The molecule has 90 valence electrons. The Balaban J connectivity index is 2.44. The first-order valence-corrected chi connectivity index (χ1v) is 5.01. The minimum absolute atomic E-state index is 0.121. The fraction of sp³-hybridized carbons (Fsp3) is 0.600. The molecule has 0 radical (unpaired) electrons. The maximum absolute atomic E-state index is 11.3. The zero-order valence-corrected chi connectivity index (χ0v) is 9.49. The van der Waals surface area contributed by atoms with Crippen LogP contribution < -0.4 is 5.32 Å². The highest BCUT2D eigenvalue weighted by Crippen LogP contribution is 2.01. The number of hydrogen-bond donors (Lipinski definition) is 1. The summed E-state index contributed by atoms with van der Waals surface area (Å²) in [6.45, 7) is 3.62. The van der Waals surface area contributed by atoms with Crippen molar-refractivity contribution in [3.63, 3.8) is 0 Å². The van der Waals surface area contributed by atoms with Crippen LogP contribution in [0, 0.1) is 0 Å². The Labute approximate surface area is 94.2 Å². The third-order valence-corrected chi connectivity index (χ3v) is 2.15. The molecule has 0 spiro atoms. The van der Waals surface area contributed by atoms with E-state index in [4.69, 9.17) is 0 Å². The van der Waals surface area contributed by atoms with Crippen molar-refractivity contribution in [3.8, 4) is 0 Å². The van der Waals surface area contributed by atoms with E-state index in [2.05, 4.69) is 19.7 Å². The first kappa shape index (κ1) is 12.5. The van der Waals surface area contributed by atoms with Crippen molar-refractivity contribution in [1.29, 1.82) is 0 Å². The highest BCUT2D eigenvalue weighted by molar-refractivity contribution is 5.95. The number of ether oxygens (including phenoxy) is 2. The molecule has 6 heteroatoms. The van der Waals surface area contributed by atoms with Gasteiger partial charge in [-0.1, -0.05) is 0 Å². The number of esters is 2. The quantitative estimate of drug-likeness (QED) is 0.362. The van der Waals surface area contributed by atoms with Gasteiger partial charge in [0.15, 0.2) is 0 Å². The van der Waals surface area contributed by atoms with Crippen molar-refractivity contribution >= 4 is 11.9 Å². The van der Waals surface area contributed by atoms with Gasteiger partial charge in [0, 0.05) is 26.2 Å². The summed E-state index contributed by atoms with van der Waals surface area (Å²) in [5, 5.41) is 2.85. The van der Waals surface area contributed by atoms with Crippen molar-refractivity contribution in [1.82, 2.24) is 10.2 Å². The third-order valence-electron chi connectivity index (χ3n) is 2.15. The number of nitrogens with zero attached hydrogens (tertiary/aromatic N) is 1. The molecule has 1 fully saturated rings. The van der Waals surface area contributed by atoms with Crippen molar-refractivity contribution in [2.75, 3.05) is 40.4 Å². The van der Waals surface area contributed by atoms with Crippen LogP contribution in [-0.2, 0) is 19.1 Å². The zero-order chi connectivity index (χ0) is 12.0. The van der Waals surface area contributed by atoms with E-state index in [9.17, 15) is 9.59 Å². The standard InChI is InChI=1S/C10H16N2O4/c1-15-9(13)7-8(10(14)16-2)11-3-4-12-5-6-12/h7,11H,3-6H2,1-2H3/b8-7+. The molecule has 0 aliphatic carbocycles. The van der Waals surface area contributed by atoms with Gasteiger partial charge in [-0.25, -0.2) is 9.59 Å². The number of rotatable bonds is 6. The topological polar surface area (TPSA) is 67.6 Å². The van der Waals surface area contributed by atoms with Crippen LogP contribution >= 0.6 is 0 Å². The fourth-order valence-electron chi connectivity index (χ4n) is 1.11. The van der Waals surface area contributed by atoms with Crippen molar-refractivity contribution in [3.05, 3.63) is 11.8 Å². The van der Waals surface area contributed by atoms with Gasteiger partial charge in [-0.15, -0.1) is 0 Å². The first-order valence-electron chi connectivity index (χ1n) is 5.01. The molecule has 0 aromatic rings. The molecule has 1 aliphatic rings. The summed E-state index contributed by atoms with van der Waals surface area (Å²) in [6.07, 6.45) is 1.09. The van der Waals surface area contributed by atoms with Gasteiger partial charge in [0.25, 0.3) is 0 Å². The van der Waals surface area contributed by atoms with Crippen molar-refractivity contribution in [2.45, 2.75) is 0 Å². The van der Waals surface area contributed by atoms with Gasteiger partial charge in [-0.2, -0.15) is 0 Å². The lowest BCUT2D eigenvalue weighted by molar-refractivity contribution is -0.138. The molecule has 6 nitrogen and oxygen atoms in total. The molecule has 0 amide bonds. The molecule has 1 aliphatic heterocycles. The molecular weight excluding hydrogens is 212 g/mol.